The van der Waals surface area contributed by atoms with Crippen LogP contribution in [0.25, 0.3) is 11.0 Å². The molecule has 0 aliphatic carbocycles. The minimum atomic E-state index is -0.704. The SMILES string of the molecule is NC(=O)CSCc1csc(NC(=O)c2cc3ccccc3oc2=O)n1. The van der Waals surface area contributed by atoms with E-state index in [1.807, 2.05) is 0 Å². The van der Waals surface area contributed by atoms with Gasteiger partial charge in [0.25, 0.3) is 5.91 Å². The topological polar surface area (TPSA) is 115 Å². The summed E-state index contributed by atoms with van der Waals surface area (Å²) in [4.78, 5) is 39.3. The molecule has 0 radical (unpaired) electrons. The molecule has 0 spiro atoms. The van der Waals surface area contributed by atoms with Gasteiger partial charge in [-0.2, -0.15) is 0 Å². The second kappa shape index (κ2) is 7.49. The highest BCUT2D eigenvalue weighted by atomic mass is 32.2. The van der Waals surface area contributed by atoms with E-state index < -0.39 is 17.4 Å². The number of primary amides is 1. The zero-order valence-corrected chi connectivity index (χ0v) is 14.5. The van der Waals surface area contributed by atoms with Crippen LogP contribution in [0.2, 0.25) is 0 Å². The van der Waals surface area contributed by atoms with Gasteiger partial charge in [0.05, 0.1) is 11.4 Å². The second-order valence-corrected chi connectivity index (χ2v) is 6.89. The molecule has 7 nitrogen and oxygen atoms in total. The van der Waals surface area contributed by atoms with Crippen molar-refractivity contribution in [1.82, 2.24) is 4.98 Å². The standard InChI is InChI=1S/C16H13N3O4S2/c17-13(20)8-24-6-10-7-25-16(18-10)19-14(21)11-5-9-3-1-2-4-12(9)23-15(11)22/h1-5,7H,6,8H2,(H2,17,20)(H,18,19,21). The second-order valence-electron chi connectivity index (χ2n) is 5.04. The van der Waals surface area contributed by atoms with Crippen LogP contribution < -0.4 is 16.7 Å². The molecule has 2 heterocycles. The maximum atomic E-state index is 12.3. The first-order valence-corrected chi connectivity index (χ1v) is 9.21. The van der Waals surface area contributed by atoms with Gasteiger partial charge >= 0.3 is 5.63 Å². The predicted octanol–water partition coefficient (Wildman–Crippen LogP) is 2.22. The maximum Gasteiger partial charge on any atom is 0.349 e. The number of thioether (sulfide) groups is 1. The number of aromatic nitrogens is 1. The number of amides is 2. The van der Waals surface area contributed by atoms with Crippen LogP contribution >= 0.6 is 23.1 Å². The molecule has 9 heteroatoms. The normalized spacial score (nSPS) is 10.7. The van der Waals surface area contributed by atoms with Gasteiger partial charge in [-0.15, -0.1) is 23.1 Å². The Morgan fingerprint density at radius 3 is 2.92 bits per heavy atom. The molecule has 0 saturated carbocycles. The Kier molecular flexibility index (Phi) is 5.15. The lowest BCUT2D eigenvalue weighted by molar-refractivity contribution is -0.115. The molecule has 3 N–H and O–H groups in total. The average molecular weight is 375 g/mol. The molecule has 2 aromatic heterocycles. The van der Waals surface area contributed by atoms with E-state index in [2.05, 4.69) is 10.3 Å². The molecule has 2 amide bonds. The first-order valence-electron chi connectivity index (χ1n) is 7.17. The summed E-state index contributed by atoms with van der Waals surface area (Å²) in [5.41, 5.74) is 5.43. The molecule has 3 rings (SSSR count). The fourth-order valence-corrected chi connectivity index (χ4v) is 3.54. The van der Waals surface area contributed by atoms with Crippen LogP contribution in [-0.4, -0.2) is 22.6 Å². The summed E-state index contributed by atoms with van der Waals surface area (Å²) >= 11 is 2.57. The number of carbonyl (C=O) groups excluding carboxylic acids is 2. The molecule has 0 atom stereocenters. The van der Waals surface area contributed by atoms with Crippen LogP contribution in [0.1, 0.15) is 16.1 Å². The van der Waals surface area contributed by atoms with Gasteiger partial charge in [-0.05, 0) is 12.1 Å². The fourth-order valence-electron chi connectivity index (χ4n) is 2.07. The Morgan fingerprint density at radius 2 is 2.12 bits per heavy atom. The van der Waals surface area contributed by atoms with Crippen molar-refractivity contribution in [1.29, 1.82) is 0 Å². The van der Waals surface area contributed by atoms with Gasteiger partial charge in [0.1, 0.15) is 11.1 Å². The number of carbonyl (C=O) groups is 2. The Balaban J connectivity index is 1.72. The van der Waals surface area contributed by atoms with Crippen molar-refractivity contribution >= 4 is 51.0 Å². The third-order valence-corrected chi connectivity index (χ3v) is 4.95. The molecule has 0 fully saturated rings. The number of nitrogens with two attached hydrogens (primary N) is 1. The van der Waals surface area contributed by atoms with Crippen LogP contribution in [0.15, 0.2) is 44.9 Å². The number of rotatable bonds is 6. The van der Waals surface area contributed by atoms with Gasteiger partial charge in [0, 0.05) is 16.5 Å². The molecule has 0 aliphatic heterocycles. The molecule has 0 bridgehead atoms. The van der Waals surface area contributed by atoms with E-state index in [9.17, 15) is 14.4 Å². The first kappa shape index (κ1) is 17.2. The van der Waals surface area contributed by atoms with E-state index in [1.54, 1.807) is 29.6 Å². The lowest BCUT2D eigenvalue weighted by atomic mass is 10.2. The summed E-state index contributed by atoms with van der Waals surface area (Å²) < 4.78 is 5.15. The Bertz CT molecular complexity index is 996. The van der Waals surface area contributed by atoms with E-state index in [0.29, 0.717) is 21.9 Å². The molecule has 25 heavy (non-hydrogen) atoms. The number of hydrogen-bond acceptors (Lipinski definition) is 7. The lowest BCUT2D eigenvalue weighted by Gasteiger charge is -2.02. The zero-order chi connectivity index (χ0) is 17.8. The largest absolute Gasteiger partial charge is 0.422 e. The summed E-state index contributed by atoms with van der Waals surface area (Å²) in [6.07, 6.45) is 0. The zero-order valence-electron chi connectivity index (χ0n) is 12.9. The number of nitrogens with zero attached hydrogens (tertiary/aromatic N) is 1. The van der Waals surface area contributed by atoms with Crippen molar-refractivity contribution in [2.75, 3.05) is 11.1 Å². The third kappa shape index (κ3) is 4.25. The van der Waals surface area contributed by atoms with Crippen LogP contribution in [0.5, 0.6) is 0 Å². The number of anilines is 1. The third-order valence-electron chi connectivity index (χ3n) is 3.15. The molecule has 1 aromatic carbocycles. The monoisotopic (exact) mass is 375 g/mol. The minimum Gasteiger partial charge on any atom is -0.422 e. The van der Waals surface area contributed by atoms with Gasteiger partial charge in [-0.1, -0.05) is 18.2 Å². The number of thiazole rings is 1. The van der Waals surface area contributed by atoms with Crippen molar-refractivity contribution in [2.45, 2.75) is 5.75 Å². The molecule has 0 saturated heterocycles. The highest BCUT2D eigenvalue weighted by Crippen LogP contribution is 2.20. The molecule has 3 aromatic rings. The molecular formula is C16H13N3O4S2. The highest BCUT2D eigenvalue weighted by Gasteiger charge is 2.15. The number of para-hydroxylation sites is 1. The Hall–Kier alpha value is -2.65. The van der Waals surface area contributed by atoms with Crippen LogP contribution in [0.3, 0.4) is 0 Å². The van der Waals surface area contributed by atoms with Crippen LogP contribution in [0, 0.1) is 0 Å². The lowest BCUT2D eigenvalue weighted by Crippen LogP contribution is -2.20. The average Bonchev–Trinajstić information content (AvgIpc) is 3.01. The summed E-state index contributed by atoms with van der Waals surface area (Å²) in [5.74, 6) is -0.257. The van der Waals surface area contributed by atoms with E-state index in [1.165, 1.54) is 29.2 Å². The van der Waals surface area contributed by atoms with Crippen molar-refractivity contribution in [3.05, 3.63) is 57.4 Å². The van der Waals surface area contributed by atoms with Gasteiger partial charge in [-0.3, -0.25) is 14.9 Å². The van der Waals surface area contributed by atoms with Crippen LogP contribution in [-0.2, 0) is 10.5 Å². The van der Waals surface area contributed by atoms with E-state index in [0.717, 1.165) is 5.69 Å². The van der Waals surface area contributed by atoms with E-state index in [4.69, 9.17) is 10.2 Å². The number of benzene rings is 1. The summed E-state index contributed by atoms with van der Waals surface area (Å²) in [7, 11) is 0. The van der Waals surface area contributed by atoms with Gasteiger partial charge in [0.2, 0.25) is 5.91 Å². The molecule has 0 aliphatic rings. The number of fused-ring (bicyclic) bond motifs is 1. The summed E-state index contributed by atoms with van der Waals surface area (Å²) in [5, 5.41) is 5.39. The first-order chi connectivity index (χ1) is 12.0. The Morgan fingerprint density at radius 1 is 1.32 bits per heavy atom. The summed E-state index contributed by atoms with van der Waals surface area (Å²) in [6, 6.07) is 8.45. The maximum absolute atomic E-state index is 12.3. The van der Waals surface area contributed by atoms with Crippen molar-refractivity contribution in [3.63, 3.8) is 0 Å². The molecule has 0 unspecified atom stereocenters. The van der Waals surface area contributed by atoms with E-state index >= 15 is 0 Å². The van der Waals surface area contributed by atoms with Crippen LogP contribution in [0.4, 0.5) is 5.13 Å². The van der Waals surface area contributed by atoms with Gasteiger partial charge < -0.3 is 10.2 Å². The van der Waals surface area contributed by atoms with Crippen molar-refractivity contribution in [3.8, 4) is 0 Å². The smallest absolute Gasteiger partial charge is 0.349 e. The Labute approximate surface area is 150 Å². The van der Waals surface area contributed by atoms with Crippen molar-refractivity contribution < 1.29 is 14.0 Å². The fraction of sp³-hybridized carbons (Fsp3) is 0.125. The van der Waals surface area contributed by atoms with Crippen molar-refractivity contribution in [2.24, 2.45) is 5.73 Å². The molecular weight excluding hydrogens is 362 g/mol. The summed E-state index contributed by atoms with van der Waals surface area (Å²) in [6.45, 7) is 0. The van der Waals surface area contributed by atoms with E-state index in [-0.39, 0.29) is 11.3 Å². The predicted molar refractivity (Wildman–Crippen MR) is 97.9 cm³/mol. The van der Waals surface area contributed by atoms with Gasteiger partial charge in [0.15, 0.2) is 5.13 Å². The van der Waals surface area contributed by atoms with Gasteiger partial charge in [-0.25, -0.2) is 9.78 Å². The minimum absolute atomic E-state index is 0.0847. The molecule has 128 valence electrons. The quantitative estimate of drug-likeness (QED) is 0.638. The number of nitrogens with one attached hydrogen (secondary N) is 1. The highest BCUT2D eigenvalue weighted by molar-refractivity contribution is 7.99. The number of hydrogen-bond donors (Lipinski definition) is 2.